The predicted octanol–water partition coefficient (Wildman–Crippen LogP) is 2.20. The Bertz CT molecular complexity index is 610. The van der Waals surface area contributed by atoms with E-state index in [1.807, 2.05) is 0 Å². The summed E-state index contributed by atoms with van der Waals surface area (Å²) in [4.78, 5) is 22.2. The summed E-state index contributed by atoms with van der Waals surface area (Å²) >= 11 is 0. The van der Waals surface area contributed by atoms with E-state index in [4.69, 9.17) is 0 Å². The molecule has 1 amide bonds. The van der Waals surface area contributed by atoms with Crippen molar-refractivity contribution in [3.8, 4) is 0 Å². The van der Waals surface area contributed by atoms with Crippen molar-refractivity contribution < 1.29 is 4.79 Å². The lowest BCUT2D eigenvalue weighted by molar-refractivity contribution is -0.134. The van der Waals surface area contributed by atoms with E-state index in [2.05, 4.69) is 50.8 Å². The molecule has 0 bridgehead atoms. The molecule has 0 N–H and O–H groups in total. The molecule has 4 rings (SSSR count). The third-order valence-corrected chi connectivity index (χ3v) is 6.64. The number of hydrogen-bond donors (Lipinski definition) is 0. The fourth-order valence-electron chi connectivity index (χ4n) is 4.82. The lowest BCUT2D eigenvalue weighted by atomic mass is 10.1. The van der Waals surface area contributed by atoms with Gasteiger partial charge in [0.15, 0.2) is 0 Å². The van der Waals surface area contributed by atoms with Crippen LogP contribution in [0, 0.1) is 6.92 Å². The van der Waals surface area contributed by atoms with Crippen molar-refractivity contribution >= 4 is 11.6 Å². The second kappa shape index (κ2) is 8.61. The molecule has 27 heavy (non-hydrogen) atoms. The summed E-state index contributed by atoms with van der Waals surface area (Å²) in [5.74, 6) is 0.324. The molecule has 0 spiro atoms. The number of carbonyl (C=O) groups excluding carboxylic acids is 1. The Morgan fingerprint density at radius 1 is 0.889 bits per heavy atom. The Labute approximate surface area is 163 Å². The molecule has 5 heteroatoms. The van der Waals surface area contributed by atoms with Gasteiger partial charge in [0.05, 0.1) is 6.54 Å². The molecule has 3 aliphatic rings. The minimum absolute atomic E-state index is 0.324. The monoisotopic (exact) mass is 370 g/mol. The van der Waals surface area contributed by atoms with Gasteiger partial charge in [-0.25, -0.2) is 0 Å². The van der Waals surface area contributed by atoms with E-state index in [9.17, 15) is 4.79 Å². The van der Waals surface area contributed by atoms with Crippen molar-refractivity contribution in [1.29, 1.82) is 0 Å². The van der Waals surface area contributed by atoms with Crippen LogP contribution in [0.25, 0.3) is 0 Å². The second-order valence-corrected chi connectivity index (χ2v) is 8.45. The summed E-state index contributed by atoms with van der Waals surface area (Å²) in [5.41, 5.74) is 2.60. The zero-order valence-corrected chi connectivity index (χ0v) is 16.8. The van der Waals surface area contributed by atoms with Crippen LogP contribution in [0.15, 0.2) is 24.3 Å². The van der Waals surface area contributed by atoms with Gasteiger partial charge in [0, 0.05) is 64.1 Å². The SMILES string of the molecule is Cc1ccc(N2CCN(CC(=O)N3CCN(C4CCCC4)CC3)CC2)cc1. The fraction of sp³-hybridized carbons (Fsp3) is 0.682. The Kier molecular flexibility index (Phi) is 5.98. The first-order valence-corrected chi connectivity index (χ1v) is 10.7. The Morgan fingerprint density at radius 3 is 2.15 bits per heavy atom. The summed E-state index contributed by atoms with van der Waals surface area (Å²) in [5, 5.41) is 0. The molecule has 1 aromatic carbocycles. The topological polar surface area (TPSA) is 30.0 Å². The molecule has 148 valence electrons. The van der Waals surface area contributed by atoms with E-state index in [1.165, 1.54) is 36.9 Å². The van der Waals surface area contributed by atoms with Crippen molar-refractivity contribution in [2.24, 2.45) is 0 Å². The maximum Gasteiger partial charge on any atom is 0.236 e. The van der Waals surface area contributed by atoms with Gasteiger partial charge in [0.1, 0.15) is 0 Å². The predicted molar refractivity (Wildman–Crippen MR) is 110 cm³/mol. The van der Waals surface area contributed by atoms with Crippen LogP contribution in [0.2, 0.25) is 0 Å². The molecule has 2 heterocycles. The molecule has 1 aliphatic carbocycles. The molecular formula is C22H34N4O. The largest absolute Gasteiger partial charge is 0.369 e. The minimum atomic E-state index is 0.324. The van der Waals surface area contributed by atoms with E-state index in [-0.39, 0.29) is 0 Å². The third kappa shape index (κ3) is 4.64. The van der Waals surface area contributed by atoms with Crippen LogP contribution in [0.5, 0.6) is 0 Å². The van der Waals surface area contributed by atoms with Gasteiger partial charge in [0.25, 0.3) is 0 Å². The molecule has 2 saturated heterocycles. The van der Waals surface area contributed by atoms with E-state index in [0.717, 1.165) is 58.4 Å². The van der Waals surface area contributed by atoms with Crippen LogP contribution in [-0.2, 0) is 4.79 Å². The maximum absolute atomic E-state index is 12.7. The Morgan fingerprint density at radius 2 is 1.52 bits per heavy atom. The van der Waals surface area contributed by atoms with E-state index >= 15 is 0 Å². The normalized spacial score (nSPS) is 23.1. The molecule has 0 unspecified atom stereocenters. The number of aryl methyl sites for hydroxylation is 1. The first-order chi connectivity index (χ1) is 13.2. The molecule has 0 radical (unpaired) electrons. The van der Waals surface area contributed by atoms with Gasteiger partial charge in [-0.1, -0.05) is 30.5 Å². The van der Waals surface area contributed by atoms with Gasteiger partial charge >= 0.3 is 0 Å². The average Bonchev–Trinajstić information content (AvgIpc) is 3.24. The number of piperazine rings is 2. The molecule has 5 nitrogen and oxygen atoms in total. The molecule has 1 saturated carbocycles. The molecule has 0 aromatic heterocycles. The number of benzene rings is 1. The van der Waals surface area contributed by atoms with Crippen molar-refractivity contribution in [3.05, 3.63) is 29.8 Å². The molecular weight excluding hydrogens is 336 g/mol. The number of rotatable bonds is 4. The van der Waals surface area contributed by atoms with E-state index in [1.54, 1.807) is 0 Å². The Balaban J connectivity index is 1.20. The van der Waals surface area contributed by atoms with Crippen molar-refractivity contribution in [2.45, 2.75) is 38.6 Å². The number of anilines is 1. The zero-order valence-electron chi connectivity index (χ0n) is 16.8. The molecule has 1 aromatic rings. The summed E-state index contributed by atoms with van der Waals surface area (Å²) < 4.78 is 0. The summed E-state index contributed by atoms with van der Waals surface area (Å²) in [6.45, 7) is 10.6. The number of carbonyl (C=O) groups is 1. The van der Waals surface area contributed by atoms with Gasteiger partial charge in [-0.05, 0) is 31.9 Å². The van der Waals surface area contributed by atoms with Crippen LogP contribution in [-0.4, -0.2) is 85.6 Å². The second-order valence-electron chi connectivity index (χ2n) is 8.45. The van der Waals surface area contributed by atoms with Crippen molar-refractivity contribution in [1.82, 2.24) is 14.7 Å². The highest BCUT2D eigenvalue weighted by molar-refractivity contribution is 5.78. The standard InChI is InChI=1S/C22H34N4O/c1-19-6-8-21(9-7-19)24-12-10-23(11-13-24)18-22(27)26-16-14-25(15-17-26)20-4-2-3-5-20/h6-9,20H,2-5,10-18H2,1H3. The van der Waals surface area contributed by atoms with Gasteiger partial charge in [-0.2, -0.15) is 0 Å². The molecule has 3 fully saturated rings. The van der Waals surface area contributed by atoms with Crippen LogP contribution in [0.4, 0.5) is 5.69 Å². The Hall–Kier alpha value is -1.59. The van der Waals surface area contributed by atoms with Gasteiger partial charge in [-0.15, -0.1) is 0 Å². The first kappa shape index (κ1) is 18.8. The highest BCUT2D eigenvalue weighted by Crippen LogP contribution is 2.24. The van der Waals surface area contributed by atoms with E-state index < -0.39 is 0 Å². The van der Waals surface area contributed by atoms with Gasteiger partial charge in [0.2, 0.25) is 5.91 Å². The smallest absolute Gasteiger partial charge is 0.236 e. The highest BCUT2D eigenvalue weighted by atomic mass is 16.2. The first-order valence-electron chi connectivity index (χ1n) is 10.7. The van der Waals surface area contributed by atoms with Crippen LogP contribution < -0.4 is 4.90 Å². The zero-order chi connectivity index (χ0) is 18.6. The maximum atomic E-state index is 12.7. The number of hydrogen-bond acceptors (Lipinski definition) is 4. The van der Waals surface area contributed by atoms with Crippen LogP contribution in [0.3, 0.4) is 0 Å². The number of nitrogens with zero attached hydrogens (tertiary/aromatic N) is 4. The lowest BCUT2D eigenvalue weighted by Crippen LogP contribution is -2.55. The lowest BCUT2D eigenvalue weighted by Gasteiger charge is -2.40. The van der Waals surface area contributed by atoms with E-state index in [0.29, 0.717) is 12.5 Å². The fourth-order valence-corrected chi connectivity index (χ4v) is 4.82. The van der Waals surface area contributed by atoms with Gasteiger partial charge < -0.3 is 9.80 Å². The minimum Gasteiger partial charge on any atom is -0.369 e. The van der Waals surface area contributed by atoms with Gasteiger partial charge in [-0.3, -0.25) is 14.6 Å². The number of amides is 1. The third-order valence-electron chi connectivity index (χ3n) is 6.64. The highest BCUT2D eigenvalue weighted by Gasteiger charge is 2.29. The van der Waals surface area contributed by atoms with Crippen LogP contribution >= 0.6 is 0 Å². The van der Waals surface area contributed by atoms with Crippen molar-refractivity contribution in [2.75, 3.05) is 63.8 Å². The summed E-state index contributed by atoms with van der Waals surface area (Å²) in [7, 11) is 0. The molecule has 2 aliphatic heterocycles. The van der Waals surface area contributed by atoms with Crippen molar-refractivity contribution in [3.63, 3.8) is 0 Å². The molecule has 0 atom stereocenters. The summed E-state index contributed by atoms with van der Waals surface area (Å²) in [6.07, 6.45) is 5.50. The quantitative estimate of drug-likeness (QED) is 0.813. The average molecular weight is 371 g/mol. The summed E-state index contributed by atoms with van der Waals surface area (Å²) in [6, 6.07) is 9.56. The van der Waals surface area contributed by atoms with Crippen LogP contribution in [0.1, 0.15) is 31.2 Å².